The average molecular weight is 363 g/mol. The highest BCUT2D eigenvalue weighted by Crippen LogP contribution is 2.16. The van der Waals surface area contributed by atoms with Gasteiger partial charge in [0.05, 0.1) is 17.7 Å². The lowest BCUT2D eigenvalue weighted by Gasteiger charge is -2.16. The Balaban J connectivity index is 2.29. The number of aromatic nitrogens is 1. The van der Waals surface area contributed by atoms with E-state index in [1.54, 1.807) is 19.1 Å². The number of carbonyl (C=O) groups excluding carboxylic acids is 2. The summed E-state index contributed by atoms with van der Waals surface area (Å²) in [6.45, 7) is 1.70. The number of Topliss-reactive ketones (excluding diaryl/α,β-unsaturated/α-hetero) is 1. The minimum atomic E-state index is -3.38. The Morgan fingerprint density at radius 1 is 1.16 bits per heavy atom. The Kier molecular flexibility index (Phi) is 5.87. The lowest BCUT2D eigenvalue weighted by atomic mass is 10.1. The largest absolute Gasteiger partial charge is 0.469 e. The Bertz CT molecular complexity index is 846. The molecule has 1 aromatic heterocycles. The first-order chi connectivity index (χ1) is 11.8. The van der Waals surface area contributed by atoms with Crippen LogP contribution >= 0.6 is 0 Å². The van der Waals surface area contributed by atoms with Crippen molar-refractivity contribution in [3.63, 3.8) is 0 Å². The van der Waals surface area contributed by atoms with Crippen molar-refractivity contribution in [2.75, 3.05) is 12.9 Å². The number of hydrogen-bond acceptors (Lipinski definition) is 7. The van der Waals surface area contributed by atoms with E-state index in [9.17, 15) is 18.0 Å². The SMILES string of the molecule is CCOC(=O)C(Oc1cccnc1)C(=O)c1ccc(S(C)(=O)=O)cc1. The standard InChI is InChI=1S/C17H17NO6S/c1-3-23-17(20)16(24-13-5-4-10-18-11-13)15(19)12-6-8-14(9-7-12)25(2,21)22/h4-11,16H,3H2,1-2H3. The van der Waals surface area contributed by atoms with Gasteiger partial charge in [0.1, 0.15) is 5.75 Å². The number of pyridine rings is 1. The molecule has 0 N–H and O–H groups in total. The number of benzene rings is 1. The molecule has 1 heterocycles. The van der Waals surface area contributed by atoms with E-state index in [4.69, 9.17) is 9.47 Å². The zero-order valence-corrected chi connectivity index (χ0v) is 14.5. The predicted octanol–water partition coefficient (Wildman–Crippen LogP) is 1.68. The van der Waals surface area contributed by atoms with E-state index in [1.807, 2.05) is 0 Å². The molecule has 0 bridgehead atoms. The van der Waals surface area contributed by atoms with Gasteiger partial charge in [-0.05, 0) is 43.3 Å². The fourth-order valence-electron chi connectivity index (χ4n) is 2.00. The number of carbonyl (C=O) groups is 2. The molecule has 0 aliphatic heterocycles. The first-order valence-electron chi connectivity index (χ1n) is 7.40. The fourth-order valence-corrected chi connectivity index (χ4v) is 2.63. The molecule has 0 aliphatic carbocycles. The van der Waals surface area contributed by atoms with E-state index in [-0.39, 0.29) is 22.8 Å². The van der Waals surface area contributed by atoms with E-state index in [2.05, 4.69) is 4.98 Å². The lowest BCUT2D eigenvalue weighted by molar-refractivity contribution is -0.149. The number of rotatable bonds is 7. The van der Waals surface area contributed by atoms with Gasteiger partial charge >= 0.3 is 5.97 Å². The molecule has 2 aromatic rings. The molecule has 0 aliphatic rings. The van der Waals surface area contributed by atoms with Crippen molar-refractivity contribution in [3.05, 3.63) is 54.4 Å². The summed E-state index contributed by atoms with van der Waals surface area (Å²) in [7, 11) is -3.38. The summed E-state index contributed by atoms with van der Waals surface area (Å²) in [6.07, 6.45) is 2.45. The van der Waals surface area contributed by atoms with Crippen LogP contribution in [0.1, 0.15) is 17.3 Å². The molecule has 0 spiro atoms. The average Bonchev–Trinajstić information content (AvgIpc) is 2.59. The molecule has 0 saturated heterocycles. The summed E-state index contributed by atoms with van der Waals surface area (Å²) in [4.78, 5) is 28.7. The molecular weight excluding hydrogens is 346 g/mol. The second-order valence-electron chi connectivity index (χ2n) is 5.10. The van der Waals surface area contributed by atoms with E-state index in [0.29, 0.717) is 0 Å². The van der Waals surface area contributed by atoms with Crippen molar-refractivity contribution in [1.29, 1.82) is 0 Å². The summed E-state index contributed by atoms with van der Waals surface area (Å²) in [5.41, 5.74) is 0.134. The Morgan fingerprint density at radius 3 is 2.36 bits per heavy atom. The van der Waals surface area contributed by atoms with Crippen LogP contribution in [0, 0.1) is 0 Å². The molecule has 0 amide bonds. The molecule has 0 saturated carbocycles. The highest BCUT2D eigenvalue weighted by molar-refractivity contribution is 7.90. The topological polar surface area (TPSA) is 99.6 Å². The smallest absolute Gasteiger partial charge is 0.355 e. The number of hydrogen-bond donors (Lipinski definition) is 0. The minimum Gasteiger partial charge on any atom is -0.469 e. The van der Waals surface area contributed by atoms with Crippen LogP contribution in [0.4, 0.5) is 0 Å². The van der Waals surface area contributed by atoms with Crippen LogP contribution in [-0.4, -0.2) is 44.1 Å². The van der Waals surface area contributed by atoms with Crippen LogP contribution in [0.2, 0.25) is 0 Å². The van der Waals surface area contributed by atoms with Crippen LogP contribution in [0.3, 0.4) is 0 Å². The highest BCUT2D eigenvalue weighted by atomic mass is 32.2. The van der Waals surface area contributed by atoms with E-state index < -0.39 is 27.7 Å². The van der Waals surface area contributed by atoms with Crippen LogP contribution in [-0.2, 0) is 19.4 Å². The maximum absolute atomic E-state index is 12.6. The van der Waals surface area contributed by atoms with Gasteiger partial charge in [-0.2, -0.15) is 0 Å². The van der Waals surface area contributed by atoms with Gasteiger partial charge in [-0.3, -0.25) is 9.78 Å². The fraction of sp³-hybridized carbons (Fsp3) is 0.235. The highest BCUT2D eigenvalue weighted by Gasteiger charge is 2.31. The zero-order chi connectivity index (χ0) is 18.4. The zero-order valence-electron chi connectivity index (χ0n) is 13.7. The predicted molar refractivity (Wildman–Crippen MR) is 89.2 cm³/mol. The molecule has 7 nitrogen and oxygen atoms in total. The second-order valence-corrected chi connectivity index (χ2v) is 7.12. The van der Waals surface area contributed by atoms with Crippen LogP contribution in [0.25, 0.3) is 0 Å². The molecule has 8 heteroatoms. The van der Waals surface area contributed by atoms with Gasteiger partial charge < -0.3 is 9.47 Å². The van der Waals surface area contributed by atoms with E-state index >= 15 is 0 Å². The Labute approximate surface area is 145 Å². The van der Waals surface area contributed by atoms with Gasteiger partial charge in [-0.1, -0.05) is 0 Å². The van der Waals surface area contributed by atoms with Gasteiger partial charge in [0.15, 0.2) is 9.84 Å². The van der Waals surface area contributed by atoms with Crippen molar-refractivity contribution < 1.29 is 27.5 Å². The van der Waals surface area contributed by atoms with E-state index in [0.717, 1.165) is 6.26 Å². The molecule has 1 atom stereocenters. The van der Waals surface area contributed by atoms with Crippen LogP contribution in [0.5, 0.6) is 5.75 Å². The van der Waals surface area contributed by atoms with Crippen molar-refractivity contribution in [1.82, 2.24) is 4.98 Å². The summed E-state index contributed by atoms with van der Waals surface area (Å²) < 4.78 is 33.3. The quantitative estimate of drug-likeness (QED) is 0.419. The monoisotopic (exact) mass is 363 g/mol. The third-order valence-corrected chi connectivity index (χ3v) is 4.32. The third kappa shape index (κ3) is 4.87. The number of nitrogens with zero attached hydrogens (tertiary/aromatic N) is 1. The van der Waals surface area contributed by atoms with Crippen molar-refractivity contribution >= 4 is 21.6 Å². The summed E-state index contributed by atoms with van der Waals surface area (Å²) >= 11 is 0. The molecule has 1 aromatic carbocycles. The van der Waals surface area contributed by atoms with Gasteiger partial charge in [0.25, 0.3) is 6.10 Å². The summed E-state index contributed by atoms with van der Waals surface area (Å²) in [5, 5.41) is 0. The number of ether oxygens (including phenoxy) is 2. The molecule has 132 valence electrons. The van der Waals surface area contributed by atoms with Crippen molar-refractivity contribution in [2.24, 2.45) is 0 Å². The maximum Gasteiger partial charge on any atom is 0.355 e. The van der Waals surface area contributed by atoms with Gasteiger partial charge in [0, 0.05) is 18.0 Å². The molecule has 0 radical (unpaired) electrons. The molecular formula is C17H17NO6S. The molecule has 25 heavy (non-hydrogen) atoms. The summed E-state index contributed by atoms with van der Waals surface area (Å²) in [5.74, 6) is -1.23. The first-order valence-corrected chi connectivity index (χ1v) is 9.29. The minimum absolute atomic E-state index is 0.0740. The van der Waals surface area contributed by atoms with Crippen LogP contribution < -0.4 is 4.74 Å². The molecule has 0 fully saturated rings. The van der Waals surface area contributed by atoms with Crippen molar-refractivity contribution in [2.45, 2.75) is 17.9 Å². The van der Waals surface area contributed by atoms with Gasteiger partial charge in [-0.15, -0.1) is 0 Å². The Morgan fingerprint density at radius 2 is 1.84 bits per heavy atom. The first kappa shape index (κ1) is 18.6. The third-order valence-electron chi connectivity index (χ3n) is 3.19. The van der Waals surface area contributed by atoms with Crippen molar-refractivity contribution in [3.8, 4) is 5.75 Å². The number of esters is 1. The number of sulfone groups is 1. The van der Waals surface area contributed by atoms with Gasteiger partial charge in [-0.25, -0.2) is 13.2 Å². The Hall–Kier alpha value is -2.74. The normalized spacial score (nSPS) is 12.2. The summed E-state index contributed by atoms with van der Waals surface area (Å²) in [6, 6.07) is 8.42. The second kappa shape index (κ2) is 7.89. The maximum atomic E-state index is 12.6. The van der Waals surface area contributed by atoms with Gasteiger partial charge in [0.2, 0.25) is 5.78 Å². The molecule has 1 unspecified atom stereocenters. The van der Waals surface area contributed by atoms with E-state index in [1.165, 1.54) is 36.7 Å². The molecule has 2 rings (SSSR count). The number of ketones is 1. The lowest BCUT2D eigenvalue weighted by Crippen LogP contribution is -2.37. The van der Waals surface area contributed by atoms with Crippen LogP contribution in [0.15, 0.2) is 53.7 Å².